The fourth-order valence-electron chi connectivity index (χ4n) is 2.52. The van der Waals surface area contributed by atoms with E-state index in [1.807, 2.05) is 26.8 Å². The van der Waals surface area contributed by atoms with E-state index >= 15 is 0 Å². The molecule has 0 spiro atoms. The quantitative estimate of drug-likeness (QED) is 0.430. The number of aliphatic hydroxyl groups excluding tert-OH is 2. The Bertz CT molecular complexity index is 1050. The van der Waals surface area contributed by atoms with Gasteiger partial charge in [0.15, 0.2) is 11.6 Å². The standard InChI is InChI=1S/C23H27FN2O3S/c1-13(2)7-17(22(14(3)4)25-10-15(5)11-27)23-26-19-8-18(24)20(9-21(19)30-23)29-16(6)12-28/h7-10,16,27-28H,3,5,11-12H2,1-2,4,6H3/b22-17-,25-10-. The Labute approximate surface area is 180 Å². The Morgan fingerprint density at radius 2 is 2.00 bits per heavy atom. The molecular weight excluding hydrogens is 403 g/mol. The number of benzene rings is 1. The summed E-state index contributed by atoms with van der Waals surface area (Å²) in [5, 5.41) is 19.0. The van der Waals surface area contributed by atoms with Gasteiger partial charge >= 0.3 is 0 Å². The third kappa shape index (κ3) is 5.95. The summed E-state index contributed by atoms with van der Waals surface area (Å²) in [6, 6.07) is 2.92. The van der Waals surface area contributed by atoms with Crippen LogP contribution in [0.25, 0.3) is 15.8 Å². The molecule has 1 aromatic carbocycles. The maximum atomic E-state index is 14.4. The number of aromatic nitrogens is 1. The Hall–Kier alpha value is -2.61. The molecule has 2 rings (SSSR count). The van der Waals surface area contributed by atoms with Gasteiger partial charge in [0.2, 0.25) is 0 Å². The van der Waals surface area contributed by atoms with Crippen LogP contribution in [0.2, 0.25) is 0 Å². The zero-order valence-electron chi connectivity index (χ0n) is 17.7. The summed E-state index contributed by atoms with van der Waals surface area (Å²) in [7, 11) is 0. The van der Waals surface area contributed by atoms with Gasteiger partial charge in [-0.2, -0.15) is 0 Å². The van der Waals surface area contributed by atoms with E-state index in [9.17, 15) is 9.50 Å². The average molecular weight is 431 g/mol. The first-order chi connectivity index (χ1) is 14.2. The second-order valence-electron chi connectivity index (χ2n) is 7.22. The van der Waals surface area contributed by atoms with Gasteiger partial charge in [-0.3, -0.25) is 4.99 Å². The molecule has 0 aliphatic heterocycles. The summed E-state index contributed by atoms with van der Waals surface area (Å²) in [6.07, 6.45) is 2.93. The van der Waals surface area contributed by atoms with Crippen molar-refractivity contribution in [3.8, 4) is 5.75 Å². The van der Waals surface area contributed by atoms with Gasteiger partial charge in [-0.25, -0.2) is 9.37 Å². The SMILES string of the molecule is C=C(/C=N\C(C(=C)C)=C(\C=C(C)C)c1nc2cc(F)c(OC(C)CO)cc2s1)CO. The fourth-order valence-corrected chi connectivity index (χ4v) is 3.51. The largest absolute Gasteiger partial charge is 0.485 e. The molecule has 1 heterocycles. The molecule has 0 aliphatic carbocycles. The first-order valence-corrected chi connectivity index (χ1v) is 10.2. The van der Waals surface area contributed by atoms with Gasteiger partial charge in [-0.1, -0.05) is 24.8 Å². The first kappa shape index (κ1) is 23.7. The highest BCUT2D eigenvalue weighted by molar-refractivity contribution is 7.19. The summed E-state index contributed by atoms with van der Waals surface area (Å²) < 4.78 is 20.6. The highest BCUT2D eigenvalue weighted by Gasteiger charge is 2.16. The molecule has 160 valence electrons. The Morgan fingerprint density at radius 3 is 2.57 bits per heavy atom. The Morgan fingerprint density at radius 1 is 1.30 bits per heavy atom. The zero-order chi connectivity index (χ0) is 22.4. The fraction of sp³-hybridized carbons (Fsp3) is 0.304. The van der Waals surface area contributed by atoms with Crippen LogP contribution in [0.15, 0.2) is 58.8 Å². The van der Waals surface area contributed by atoms with Crippen LogP contribution in [-0.4, -0.2) is 40.7 Å². The highest BCUT2D eigenvalue weighted by atomic mass is 32.1. The lowest BCUT2D eigenvalue weighted by Crippen LogP contribution is -2.16. The zero-order valence-corrected chi connectivity index (χ0v) is 18.5. The van der Waals surface area contributed by atoms with Crippen LogP contribution in [0.1, 0.15) is 32.7 Å². The van der Waals surface area contributed by atoms with Crippen LogP contribution in [0, 0.1) is 5.82 Å². The normalized spacial score (nSPS) is 13.3. The molecule has 30 heavy (non-hydrogen) atoms. The first-order valence-electron chi connectivity index (χ1n) is 9.42. The van der Waals surface area contributed by atoms with E-state index in [0.717, 1.165) is 21.4 Å². The molecule has 0 fully saturated rings. The smallest absolute Gasteiger partial charge is 0.167 e. The molecule has 2 N–H and O–H groups in total. The number of nitrogens with zero attached hydrogens (tertiary/aromatic N) is 2. The van der Waals surface area contributed by atoms with Crippen molar-refractivity contribution in [2.45, 2.75) is 33.8 Å². The van der Waals surface area contributed by atoms with Crippen molar-refractivity contribution in [3.63, 3.8) is 0 Å². The predicted octanol–water partition coefficient (Wildman–Crippen LogP) is 5.07. The molecule has 0 bridgehead atoms. The van der Waals surface area contributed by atoms with Crippen molar-refractivity contribution in [1.82, 2.24) is 4.98 Å². The topological polar surface area (TPSA) is 74.9 Å². The molecular formula is C23H27FN2O3S. The van der Waals surface area contributed by atoms with E-state index in [0.29, 0.717) is 21.8 Å². The van der Waals surface area contributed by atoms with Gasteiger partial charge < -0.3 is 14.9 Å². The number of aliphatic hydroxyl groups is 2. The third-order valence-corrected chi connectivity index (χ3v) is 4.98. The van der Waals surface area contributed by atoms with E-state index < -0.39 is 11.9 Å². The van der Waals surface area contributed by atoms with Gasteiger partial charge in [0.1, 0.15) is 11.1 Å². The molecule has 0 aliphatic rings. The lowest BCUT2D eigenvalue weighted by atomic mass is 10.1. The Kier molecular flexibility index (Phi) is 8.23. The second kappa shape index (κ2) is 10.4. The molecule has 0 amide bonds. The molecule has 1 aromatic heterocycles. The summed E-state index contributed by atoms with van der Waals surface area (Å²) >= 11 is 1.38. The number of rotatable bonds is 9. The van der Waals surface area contributed by atoms with Crippen LogP contribution >= 0.6 is 11.3 Å². The lowest BCUT2D eigenvalue weighted by Gasteiger charge is -2.12. The van der Waals surface area contributed by atoms with E-state index in [1.54, 1.807) is 13.0 Å². The maximum Gasteiger partial charge on any atom is 0.167 e. The Balaban J connectivity index is 2.66. The third-order valence-electron chi connectivity index (χ3n) is 3.93. The maximum absolute atomic E-state index is 14.4. The van der Waals surface area contributed by atoms with Gasteiger partial charge in [0.25, 0.3) is 0 Å². The van der Waals surface area contributed by atoms with Gasteiger partial charge in [0.05, 0.1) is 29.1 Å². The van der Waals surface area contributed by atoms with Crippen molar-refractivity contribution in [3.05, 3.63) is 64.6 Å². The monoisotopic (exact) mass is 430 g/mol. The van der Waals surface area contributed by atoms with Gasteiger partial charge in [0, 0.05) is 23.9 Å². The summed E-state index contributed by atoms with van der Waals surface area (Å²) in [6.45, 7) is 14.8. The number of hydrogen-bond acceptors (Lipinski definition) is 6. The molecule has 0 radical (unpaired) electrons. The van der Waals surface area contributed by atoms with Crippen LogP contribution in [0.3, 0.4) is 0 Å². The number of thiazole rings is 1. The van der Waals surface area contributed by atoms with Crippen molar-refractivity contribution >= 4 is 33.3 Å². The molecule has 1 unspecified atom stereocenters. The van der Waals surface area contributed by atoms with Crippen LogP contribution < -0.4 is 4.74 Å². The minimum absolute atomic E-state index is 0.0735. The number of fused-ring (bicyclic) bond motifs is 1. The van der Waals surface area contributed by atoms with Crippen molar-refractivity contribution < 1.29 is 19.3 Å². The number of hydrogen-bond donors (Lipinski definition) is 2. The van der Waals surface area contributed by atoms with E-state index in [4.69, 9.17) is 9.84 Å². The van der Waals surface area contributed by atoms with Gasteiger partial charge in [-0.15, -0.1) is 11.3 Å². The molecule has 0 saturated heterocycles. The number of halogens is 1. The molecule has 7 heteroatoms. The van der Waals surface area contributed by atoms with Crippen LogP contribution in [-0.2, 0) is 0 Å². The van der Waals surface area contributed by atoms with Crippen molar-refractivity contribution in [2.24, 2.45) is 4.99 Å². The van der Waals surface area contributed by atoms with Crippen molar-refractivity contribution in [2.75, 3.05) is 13.2 Å². The van der Waals surface area contributed by atoms with E-state index in [2.05, 4.69) is 23.1 Å². The van der Waals surface area contributed by atoms with Gasteiger partial charge in [-0.05, 0) is 38.8 Å². The minimum Gasteiger partial charge on any atom is -0.485 e. The summed E-state index contributed by atoms with van der Waals surface area (Å²) in [4.78, 5) is 9.07. The average Bonchev–Trinajstić information content (AvgIpc) is 3.08. The van der Waals surface area contributed by atoms with Crippen molar-refractivity contribution in [1.29, 1.82) is 0 Å². The summed E-state index contributed by atoms with van der Waals surface area (Å²) in [5.41, 5.74) is 4.08. The number of allylic oxidation sites excluding steroid dienone is 4. The lowest BCUT2D eigenvalue weighted by molar-refractivity contribution is 0.125. The minimum atomic E-state index is -0.537. The highest BCUT2D eigenvalue weighted by Crippen LogP contribution is 2.35. The second-order valence-corrected chi connectivity index (χ2v) is 8.25. The predicted molar refractivity (Wildman–Crippen MR) is 123 cm³/mol. The number of aliphatic imine (C=N–C) groups is 1. The summed E-state index contributed by atoms with van der Waals surface area (Å²) in [5.74, 6) is -0.464. The van der Waals surface area contributed by atoms with Crippen LogP contribution in [0.5, 0.6) is 5.75 Å². The molecule has 5 nitrogen and oxygen atoms in total. The van der Waals surface area contributed by atoms with E-state index in [1.165, 1.54) is 23.6 Å². The molecule has 0 saturated carbocycles. The molecule has 2 aromatic rings. The molecule has 1 atom stereocenters. The van der Waals surface area contributed by atoms with E-state index in [-0.39, 0.29) is 19.0 Å². The van der Waals surface area contributed by atoms with Crippen LogP contribution in [0.4, 0.5) is 4.39 Å². The number of ether oxygens (including phenoxy) is 1.